The summed E-state index contributed by atoms with van der Waals surface area (Å²) in [6.45, 7) is 3.14. The summed E-state index contributed by atoms with van der Waals surface area (Å²) in [7, 11) is -3.75. The van der Waals surface area contributed by atoms with E-state index in [4.69, 9.17) is 0 Å². The van der Waals surface area contributed by atoms with Crippen molar-refractivity contribution in [3.05, 3.63) is 59.9 Å². The molecule has 0 unspecified atom stereocenters. The van der Waals surface area contributed by atoms with Gasteiger partial charge >= 0.3 is 0 Å². The number of hydrogen-bond donors (Lipinski definition) is 2. The second kappa shape index (κ2) is 6.69. The largest absolute Gasteiger partial charge is 0.313 e. The third-order valence-electron chi connectivity index (χ3n) is 2.90. The number of nitrogens with one attached hydrogen (secondary N) is 2. The number of hydrogen-bond acceptors (Lipinski definition) is 3. The van der Waals surface area contributed by atoms with E-state index in [0.717, 1.165) is 12.6 Å². The van der Waals surface area contributed by atoms with Gasteiger partial charge in [0.05, 0.1) is 10.6 Å². The number of rotatable bonds is 6. The van der Waals surface area contributed by atoms with E-state index >= 15 is 0 Å². The number of halogens is 1. The first-order valence-corrected chi connectivity index (χ1v) is 8.08. The monoisotopic (exact) mass is 308 g/mol. The van der Waals surface area contributed by atoms with Crippen LogP contribution in [0.25, 0.3) is 0 Å². The smallest absolute Gasteiger partial charge is 0.262 e. The van der Waals surface area contributed by atoms with E-state index in [1.165, 1.54) is 24.3 Å². The average molecular weight is 308 g/mol. The van der Waals surface area contributed by atoms with E-state index in [-0.39, 0.29) is 10.6 Å². The van der Waals surface area contributed by atoms with Crippen molar-refractivity contribution in [2.45, 2.75) is 18.4 Å². The number of benzene rings is 2. The van der Waals surface area contributed by atoms with E-state index in [9.17, 15) is 12.8 Å². The molecule has 0 fully saturated rings. The molecule has 0 aliphatic rings. The van der Waals surface area contributed by atoms with Gasteiger partial charge in [0.15, 0.2) is 0 Å². The van der Waals surface area contributed by atoms with Gasteiger partial charge in [0.2, 0.25) is 0 Å². The van der Waals surface area contributed by atoms with Crippen LogP contribution in [0.3, 0.4) is 0 Å². The molecule has 0 aliphatic carbocycles. The molecule has 0 bridgehead atoms. The molecule has 2 N–H and O–H groups in total. The van der Waals surface area contributed by atoms with Crippen LogP contribution in [-0.4, -0.2) is 15.0 Å². The summed E-state index contributed by atoms with van der Waals surface area (Å²) < 4.78 is 40.4. The van der Waals surface area contributed by atoms with Gasteiger partial charge in [0.1, 0.15) is 5.82 Å². The molecule has 0 saturated heterocycles. The van der Waals surface area contributed by atoms with Crippen LogP contribution in [-0.2, 0) is 16.6 Å². The predicted octanol–water partition coefficient (Wildman–Crippen LogP) is 2.74. The van der Waals surface area contributed by atoms with E-state index in [1.54, 1.807) is 18.2 Å². The molecule has 4 nitrogen and oxygen atoms in total. The van der Waals surface area contributed by atoms with Crippen molar-refractivity contribution in [2.75, 3.05) is 11.3 Å². The molecule has 0 aliphatic heterocycles. The Morgan fingerprint density at radius 2 is 1.86 bits per heavy atom. The predicted molar refractivity (Wildman–Crippen MR) is 81.0 cm³/mol. The van der Waals surface area contributed by atoms with Gasteiger partial charge in [-0.15, -0.1) is 0 Å². The Labute approximate surface area is 124 Å². The van der Waals surface area contributed by atoms with E-state index < -0.39 is 15.8 Å². The zero-order valence-electron chi connectivity index (χ0n) is 11.6. The molecule has 21 heavy (non-hydrogen) atoms. The summed E-state index contributed by atoms with van der Waals surface area (Å²) in [6.07, 6.45) is 0. The SMILES string of the molecule is CCNCc1ccccc1S(=O)(=O)Nc1cccc(F)c1. The summed E-state index contributed by atoms with van der Waals surface area (Å²) in [6, 6.07) is 12.1. The van der Waals surface area contributed by atoms with Crippen molar-refractivity contribution in [2.24, 2.45) is 0 Å². The minimum atomic E-state index is -3.75. The van der Waals surface area contributed by atoms with Crippen molar-refractivity contribution in [1.82, 2.24) is 5.32 Å². The first-order chi connectivity index (χ1) is 10.0. The molecule has 0 heterocycles. The lowest BCUT2D eigenvalue weighted by Gasteiger charge is -2.12. The Balaban J connectivity index is 2.31. The standard InChI is InChI=1S/C15H17FN2O2S/c1-2-17-11-12-6-3-4-9-15(12)21(19,20)18-14-8-5-7-13(16)10-14/h3-10,17-18H,2,11H2,1H3. The molecule has 0 saturated carbocycles. The second-order valence-corrected chi connectivity index (χ2v) is 6.15. The van der Waals surface area contributed by atoms with Gasteiger partial charge in [0, 0.05) is 6.54 Å². The molecular formula is C15H17FN2O2S. The number of anilines is 1. The third kappa shape index (κ3) is 4.03. The lowest BCUT2D eigenvalue weighted by molar-refractivity contribution is 0.598. The van der Waals surface area contributed by atoms with Crippen LogP contribution in [0.1, 0.15) is 12.5 Å². The maximum Gasteiger partial charge on any atom is 0.262 e. The highest BCUT2D eigenvalue weighted by molar-refractivity contribution is 7.92. The van der Waals surface area contributed by atoms with E-state index in [0.29, 0.717) is 12.1 Å². The minimum Gasteiger partial charge on any atom is -0.313 e. The molecule has 6 heteroatoms. The van der Waals surface area contributed by atoms with E-state index in [1.807, 2.05) is 6.92 Å². The van der Waals surface area contributed by atoms with Crippen LogP contribution >= 0.6 is 0 Å². The Kier molecular flexibility index (Phi) is 4.93. The summed E-state index contributed by atoms with van der Waals surface area (Å²) in [5.74, 6) is -0.490. The van der Waals surface area contributed by atoms with Gasteiger partial charge in [-0.1, -0.05) is 31.2 Å². The van der Waals surface area contributed by atoms with Crippen LogP contribution < -0.4 is 10.0 Å². The van der Waals surface area contributed by atoms with Gasteiger partial charge in [-0.25, -0.2) is 12.8 Å². The van der Waals surface area contributed by atoms with Crippen LogP contribution in [0.15, 0.2) is 53.4 Å². The Hall–Kier alpha value is -1.92. The molecule has 2 rings (SSSR count). The molecule has 0 aromatic heterocycles. The van der Waals surface area contributed by atoms with Gasteiger partial charge < -0.3 is 5.32 Å². The minimum absolute atomic E-state index is 0.190. The molecule has 0 amide bonds. The maximum absolute atomic E-state index is 13.1. The van der Waals surface area contributed by atoms with Crippen molar-refractivity contribution in [1.29, 1.82) is 0 Å². The second-order valence-electron chi connectivity index (χ2n) is 4.50. The zero-order valence-corrected chi connectivity index (χ0v) is 12.5. The van der Waals surface area contributed by atoms with E-state index in [2.05, 4.69) is 10.0 Å². The fourth-order valence-corrected chi connectivity index (χ4v) is 3.22. The molecule has 112 valence electrons. The first-order valence-electron chi connectivity index (χ1n) is 6.60. The molecule has 2 aromatic rings. The topological polar surface area (TPSA) is 58.2 Å². The molecule has 0 atom stereocenters. The molecule has 0 spiro atoms. The van der Waals surface area contributed by atoms with Gasteiger partial charge in [0.25, 0.3) is 10.0 Å². The van der Waals surface area contributed by atoms with Crippen LogP contribution in [0, 0.1) is 5.82 Å². The van der Waals surface area contributed by atoms with Crippen LogP contribution in [0.5, 0.6) is 0 Å². The van der Waals surface area contributed by atoms with Gasteiger partial charge in [-0.2, -0.15) is 0 Å². The van der Waals surface area contributed by atoms with Crippen molar-refractivity contribution >= 4 is 15.7 Å². The summed E-state index contributed by atoms with van der Waals surface area (Å²) in [5, 5.41) is 3.10. The fourth-order valence-electron chi connectivity index (χ4n) is 1.93. The number of sulfonamides is 1. The Morgan fingerprint density at radius 1 is 1.10 bits per heavy atom. The van der Waals surface area contributed by atoms with Crippen molar-refractivity contribution < 1.29 is 12.8 Å². The highest BCUT2D eigenvalue weighted by Gasteiger charge is 2.18. The van der Waals surface area contributed by atoms with Gasteiger partial charge in [-0.3, -0.25) is 4.72 Å². The van der Waals surface area contributed by atoms with Crippen LogP contribution in [0.4, 0.5) is 10.1 Å². The highest BCUT2D eigenvalue weighted by Crippen LogP contribution is 2.20. The average Bonchev–Trinajstić information content (AvgIpc) is 2.45. The van der Waals surface area contributed by atoms with Crippen LogP contribution in [0.2, 0.25) is 0 Å². The lowest BCUT2D eigenvalue weighted by Crippen LogP contribution is -2.19. The quantitative estimate of drug-likeness (QED) is 0.862. The summed E-state index contributed by atoms with van der Waals surface area (Å²) in [5.41, 5.74) is 0.872. The fraction of sp³-hybridized carbons (Fsp3) is 0.200. The first kappa shape index (κ1) is 15.5. The maximum atomic E-state index is 13.1. The normalized spacial score (nSPS) is 11.3. The molecule has 2 aromatic carbocycles. The van der Waals surface area contributed by atoms with Gasteiger partial charge in [-0.05, 0) is 36.4 Å². The third-order valence-corrected chi connectivity index (χ3v) is 4.39. The lowest BCUT2D eigenvalue weighted by atomic mass is 10.2. The Morgan fingerprint density at radius 3 is 2.57 bits per heavy atom. The summed E-state index contributed by atoms with van der Waals surface area (Å²) >= 11 is 0. The van der Waals surface area contributed by atoms with Crippen molar-refractivity contribution in [3.8, 4) is 0 Å². The van der Waals surface area contributed by atoms with Crippen molar-refractivity contribution in [3.63, 3.8) is 0 Å². The summed E-state index contributed by atoms with van der Waals surface area (Å²) in [4.78, 5) is 0.190. The molecule has 0 radical (unpaired) electrons. The zero-order chi connectivity index (χ0) is 15.3. The Bertz CT molecular complexity index is 717. The highest BCUT2D eigenvalue weighted by atomic mass is 32.2. The molecular weight excluding hydrogens is 291 g/mol.